The zero-order valence-electron chi connectivity index (χ0n) is 18.0. The first-order valence-electron chi connectivity index (χ1n) is 10.0. The molecule has 0 spiro atoms. The molecule has 0 aliphatic heterocycles. The first-order chi connectivity index (χ1) is 14.5. The van der Waals surface area contributed by atoms with Crippen molar-refractivity contribution in [3.05, 3.63) is 76.9 Å². The highest BCUT2D eigenvalue weighted by atomic mass is 16.7. The molecule has 2 N–H and O–H groups in total. The highest BCUT2D eigenvalue weighted by Gasteiger charge is 2.14. The van der Waals surface area contributed by atoms with Crippen LogP contribution < -0.4 is 10.9 Å². The molecule has 0 radical (unpaired) electrons. The van der Waals surface area contributed by atoms with E-state index < -0.39 is 6.29 Å². The summed E-state index contributed by atoms with van der Waals surface area (Å²) in [5, 5.41) is 0. The number of methoxy groups -OCH3 is 2. The Hall–Kier alpha value is -2.96. The quantitative estimate of drug-likeness (QED) is 0.367. The van der Waals surface area contributed by atoms with Crippen molar-refractivity contribution in [3.63, 3.8) is 0 Å². The second kappa shape index (κ2) is 11.9. The Morgan fingerprint density at radius 3 is 2.33 bits per heavy atom. The van der Waals surface area contributed by atoms with Gasteiger partial charge in [0.25, 0.3) is 11.8 Å². The maximum Gasteiger partial charge on any atom is 0.269 e. The summed E-state index contributed by atoms with van der Waals surface area (Å²) in [5.74, 6) is -0.756. The van der Waals surface area contributed by atoms with Gasteiger partial charge in [0, 0.05) is 31.4 Å². The van der Waals surface area contributed by atoms with E-state index in [2.05, 4.69) is 17.8 Å². The summed E-state index contributed by atoms with van der Waals surface area (Å²) in [6.45, 7) is 3.93. The van der Waals surface area contributed by atoms with Crippen LogP contribution in [0.15, 0.2) is 54.6 Å². The number of aryl methyl sites for hydroxylation is 1. The molecule has 2 aromatic rings. The van der Waals surface area contributed by atoms with Crippen LogP contribution in [0.1, 0.15) is 59.5 Å². The minimum absolute atomic E-state index is 0.369. The van der Waals surface area contributed by atoms with Gasteiger partial charge in [-0.2, -0.15) is 0 Å². The molecule has 0 unspecified atom stereocenters. The molecule has 2 amide bonds. The van der Waals surface area contributed by atoms with Gasteiger partial charge in [-0.05, 0) is 42.5 Å². The Bertz CT molecular complexity index is 874. The van der Waals surface area contributed by atoms with E-state index in [9.17, 15) is 9.59 Å². The lowest BCUT2D eigenvalue weighted by Crippen LogP contribution is -2.41. The molecule has 0 saturated carbocycles. The summed E-state index contributed by atoms with van der Waals surface area (Å²) < 4.78 is 10.5. The molecular weight excluding hydrogens is 380 g/mol. The van der Waals surface area contributed by atoms with Crippen LogP contribution in [-0.4, -0.2) is 26.0 Å². The van der Waals surface area contributed by atoms with Gasteiger partial charge in [-0.15, -0.1) is 0 Å². The molecule has 0 atom stereocenters. The van der Waals surface area contributed by atoms with Gasteiger partial charge in [-0.3, -0.25) is 20.4 Å². The third kappa shape index (κ3) is 6.54. The van der Waals surface area contributed by atoms with Crippen molar-refractivity contribution in [1.29, 1.82) is 0 Å². The number of nitrogens with one attached hydrogen (secondary N) is 2. The third-order valence-corrected chi connectivity index (χ3v) is 4.74. The molecule has 2 aromatic carbocycles. The zero-order valence-corrected chi connectivity index (χ0v) is 18.0. The summed E-state index contributed by atoms with van der Waals surface area (Å²) in [5.41, 5.74) is 8.93. The average Bonchev–Trinajstić information content (AvgIpc) is 2.76. The van der Waals surface area contributed by atoms with Crippen molar-refractivity contribution in [2.24, 2.45) is 0 Å². The van der Waals surface area contributed by atoms with E-state index >= 15 is 0 Å². The van der Waals surface area contributed by atoms with Crippen LogP contribution >= 0.6 is 0 Å². The zero-order chi connectivity index (χ0) is 21.9. The Labute approximate surface area is 178 Å². The Morgan fingerprint density at radius 2 is 1.73 bits per heavy atom. The van der Waals surface area contributed by atoms with Crippen molar-refractivity contribution in [1.82, 2.24) is 10.9 Å². The monoisotopic (exact) mass is 410 g/mol. The number of carbonyl (C=O) groups excluding carboxylic acids is 2. The number of rotatable bonds is 9. The van der Waals surface area contributed by atoms with Crippen LogP contribution in [0.3, 0.4) is 0 Å². The van der Waals surface area contributed by atoms with Crippen LogP contribution in [-0.2, 0) is 14.3 Å². The van der Waals surface area contributed by atoms with Gasteiger partial charge in [0.05, 0.1) is 0 Å². The fourth-order valence-corrected chi connectivity index (χ4v) is 3.16. The average molecular weight is 411 g/mol. The number of hydrogen-bond acceptors (Lipinski definition) is 4. The predicted octanol–water partition coefficient (Wildman–Crippen LogP) is 4.32. The van der Waals surface area contributed by atoms with Crippen LogP contribution in [0.5, 0.6) is 0 Å². The molecule has 0 heterocycles. The van der Waals surface area contributed by atoms with Crippen LogP contribution in [0, 0.1) is 6.92 Å². The van der Waals surface area contributed by atoms with E-state index in [-0.39, 0.29) is 11.8 Å². The SMILES string of the molecule is CCCC/C(=C\C(=O)NNC(=O)c1ccc(C(OC)OC)cc1C)c1ccccc1. The first kappa shape index (κ1) is 23.3. The molecule has 0 aliphatic carbocycles. The topological polar surface area (TPSA) is 76.7 Å². The van der Waals surface area contributed by atoms with Crippen LogP contribution in [0.4, 0.5) is 0 Å². The van der Waals surface area contributed by atoms with Gasteiger partial charge in [0.2, 0.25) is 0 Å². The van der Waals surface area contributed by atoms with E-state index in [0.717, 1.165) is 41.5 Å². The maximum atomic E-state index is 12.5. The summed E-state index contributed by atoms with van der Waals surface area (Å²) >= 11 is 0. The van der Waals surface area contributed by atoms with Gasteiger partial charge in [-0.1, -0.05) is 55.8 Å². The second-order valence-electron chi connectivity index (χ2n) is 6.96. The molecule has 0 fully saturated rings. The molecule has 2 rings (SSSR count). The lowest BCUT2D eigenvalue weighted by Gasteiger charge is -2.15. The smallest absolute Gasteiger partial charge is 0.269 e. The Kier molecular flexibility index (Phi) is 9.25. The number of unbranched alkanes of at least 4 members (excludes halogenated alkanes) is 1. The van der Waals surface area contributed by atoms with Crippen molar-refractivity contribution in [2.45, 2.75) is 39.4 Å². The molecule has 160 valence electrons. The summed E-state index contributed by atoms with van der Waals surface area (Å²) in [4.78, 5) is 24.9. The largest absolute Gasteiger partial charge is 0.352 e. The molecule has 0 bridgehead atoms. The highest BCUT2D eigenvalue weighted by molar-refractivity contribution is 6.00. The summed E-state index contributed by atoms with van der Waals surface area (Å²) in [6, 6.07) is 15.1. The fourth-order valence-electron chi connectivity index (χ4n) is 3.16. The molecule has 0 aromatic heterocycles. The fraction of sp³-hybridized carbons (Fsp3) is 0.333. The summed E-state index contributed by atoms with van der Waals surface area (Å²) in [7, 11) is 3.11. The van der Waals surface area contributed by atoms with Crippen LogP contribution in [0.2, 0.25) is 0 Å². The van der Waals surface area contributed by atoms with E-state index in [1.54, 1.807) is 32.4 Å². The lowest BCUT2D eigenvalue weighted by molar-refractivity contribution is -0.117. The van der Waals surface area contributed by atoms with E-state index in [1.165, 1.54) is 0 Å². The normalized spacial score (nSPS) is 11.4. The Balaban J connectivity index is 2.05. The molecule has 6 heteroatoms. The molecule has 0 aliphatic rings. The number of hydrogen-bond donors (Lipinski definition) is 2. The number of carbonyl (C=O) groups is 2. The van der Waals surface area contributed by atoms with E-state index in [4.69, 9.17) is 9.47 Å². The van der Waals surface area contributed by atoms with Crippen molar-refractivity contribution >= 4 is 17.4 Å². The third-order valence-electron chi connectivity index (χ3n) is 4.74. The maximum absolute atomic E-state index is 12.5. The standard InChI is InChI=1S/C24H30N2O4/c1-5-6-10-19(18-11-8-7-9-12-18)16-22(27)25-26-23(28)21-14-13-20(15-17(21)2)24(29-3)30-4/h7-9,11-16,24H,5-6,10H2,1-4H3,(H,25,27)(H,26,28)/b19-16+. The van der Waals surface area contributed by atoms with Gasteiger partial charge in [0.15, 0.2) is 6.29 Å². The van der Waals surface area contributed by atoms with Gasteiger partial charge in [0.1, 0.15) is 0 Å². The number of allylic oxidation sites excluding steroid dienone is 1. The van der Waals surface area contributed by atoms with E-state index in [0.29, 0.717) is 5.56 Å². The number of hydrazine groups is 1. The number of ether oxygens (including phenoxy) is 2. The minimum atomic E-state index is -0.495. The van der Waals surface area contributed by atoms with Gasteiger partial charge < -0.3 is 9.47 Å². The second-order valence-corrected chi connectivity index (χ2v) is 6.96. The van der Waals surface area contributed by atoms with E-state index in [1.807, 2.05) is 43.3 Å². The predicted molar refractivity (Wildman–Crippen MR) is 117 cm³/mol. The van der Waals surface area contributed by atoms with Crippen molar-refractivity contribution in [3.8, 4) is 0 Å². The van der Waals surface area contributed by atoms with Gasteiger partial charge >= 0.3 is 0 Å². The highest BCUT2D eigenvalue weighted by Crippen LogP contribution is 2.21. The summed E-state index contributed by atoms with van der Waals surface area (Å²) in [6.07, 6.45) is 3.86. The number of benzene rings is 2. The molecule has 6 nitrogen and oxygen atoms in total. The first-order valence-corrected chi connectivity index (χ1v) is 10.0. The minimum Gasteiger partial charge on any atom is -0.352 e. The Morgan fingerprint density at radius 1 is 1.03 bits per heavy atom. The van der Waals surface area contributed by atoms with Crippen molar-refractivity contribution in [2.75, 3.05) is 14.2 Å². The lowest BCUT2D eigenvalue weighted by atomic mass is 10.00. The van der Waals surface area contributed by atoms with Crippen LogP contribution in [0.25, 0.3) is 5.57 Å². The van der Waals surface area contributed by atoms with Crippen molar-refractivity contribution < 1.29 is 19.1 Å². The van der Waals surface area contributed by atoms with Gasteiger partial charge in [-0.25, -0.2) is 0 Å². The molecular formula is C24H30N2O4. The molecule has 30 heavy (non-hydrogen) atoms. The molecule has 0 saturated heterocycles. The number of amides is 2.